The molecule has 5 heteroatoms. The van der Waals surface area contributed by atoms with Crippen LogP contribution in [0.15, 0.2) is 22.7 Å². The molecule has 0 saturated heterocycles. The topological polar surface area (TPSA) is 68.2 Å². The van der Waals surface area contributed by atoms with Gasteiger partial charge in [0.2, 0.25) is 5.89 Å². The lowest BCUT2D eigenvalue weighted by Crippen LogP contribution is -2.16. The van der Waals surface area contributed by atoms with E-state index in [9.17, 15) is 0 Å². The molecule has 1 aliphatic heterocycles. The maximum absolute atomic E-state index is 5.95. The van der Waals surface area contributed by atoms with Crippen molar-refractivity contribution in [2.45, 2.75) is 26.6 Å². The minimum Gasteiger partial charge on any atom is -0.398 e. The zero-order valence-corrected chi connectivity index (χ0v) is 9.68. The summed E-state index contributed by atoms with van der Waals surface area (Å²) in [5.74, 6) is 1.34. The molecule has 0 aliphatic carbocycles. The molecule has 3 rings (SSSR count). The molecule has 1 aromatic heterocycles. The van der Waals surface area contributed by atoms with Crippen LogP contribution in [0.1, 0.15) is 22.8 Å². The van der Waals surface area contributed by atoms with E-state index in [1.165, 1.54) is 11.1 Å². The van der Waals surface area contributed by atoms with E-state index in [0.29, 0.717) is 18.3 Å². The van der Waals surface area contributed by atoms with Gasteiger partial charge in [0.25, 0.3) is 0 Å². The minimum absolute atomic E-state index is 0.661. The quantitative estimate of drug-likeness (QED) is 0.791. The maximum Gasteiger partial charge on any atom is 0.240 e. The SMILES string of the molecule is Cc1noc(CN2Cc3cccc(N)c3C2)n1. The van der Waals surface area contributed by atoms with Crippen molar-refractivity contribution in [2.24, 2.45) is 0 Å². The van der Waals surface area contributed by atoms with Gasteiger partial charge in [0, 0.05) is 18.8 Å². The molecule has 0 amide bonds. The van der Waals surface area contributed by atoms with Crippen molar-refractivity contribution in [2.75, 3.05) is 5.73 Å². The number of aryl methyl sites for hydroxylation is 1. The number of benzene rings is 1. The second-order valence-electron chi connectivity index (χ2n) is 4.37. The van der Waals surface area contributed by atoms with Crippen LogP contribution in [0, 0.1) is 6.92 Å². The highest BCUT2D eigenvalue weighted by Gasteiger charge is 2.22. The highest BCUT2D eigenvalue weighted by atomic mass is 16.5. The number of hydrogen-bond donors (Lipinski definition) is 1. The fraction of sp³-hybridized carbons (Fsp3) is 0.333. The molecule has 17 heavy (non-hydrogen) atoms. The second kappa shape index (κ2) is 3.85. The highest BCUT2D eigenvalue weighted by molar-refractivity contribution is 5.52. The van der Waals surface area contributed by atoms with Crippen LogP contribution < -0.4 is 5.73 Å². The average Bonchev–Trinajstić information content (AvgIpc) is 2.86. The molecular weight excluding hydrogens is 216 g/mol. The smallest absolute Gasteiger partial charge is 0.240 e. The van der Waals surface area contributed by atoms with Crippen molar-refractivity contribution in [1.29, 1.82) is 0 Å². The molecule has 1 aromatic carbocycles. The summed E-state index contributed by atoms with van der Waals surface area (Å²) < 4.78 is 5.12. The third-order valence-electron chi connectivity index (χ3n) is 3.01. The molecular formula is C12H14N4O. The molecule has 1 aliphatic rings. The molecule has 0 bridgehead atoms. The molecule has 0 fully saturated rings. The van der Waals surface area contributed by atoms with E-state index in [1.54, 1.807) is 0 Å². The Balaban J connectivity index is 1.76. The molecule has 0 spiro atoms. The Kier molecular flexibility index (Phi) is 2.33. The van der Waals surface area contributed by atoms with Crippen LogP contribution in [0.5, 0.6) is 0 Å². The number of rotatable bonds is 2. The van der Waals surface area contributed by atoms with Gasteiger partial charge in [0.1, 0.15) is 0 Å². The molecule has 0 atom stereocenters. The van der Waals surface area contributed by atoms with Crippen LogP contribution in [0.2, 0.25) is 0 Å². The van der Waals surface area contributed by atoms with Crippen molar-refractivity contribution in [3.05, 3.63) is 41.0 Å². The number of aromatic nitrogens is 2. The first kappa shape index (κ1) is 10.3. The first-order valence-corrected chi connectivity index (χ1v) is 5.60. The van der Waals surface area contributed by atoms with Crippen molar-refractivity contribution in [3.8, 4) is 0 Å². The third kappa shape index (κ3) is 1.89. The van der Waals surface area contributed by atoms with Gasteiger partial charge in [-0.25, -0.2) is 0 Å². The van der Waals surface area contributed by atoms with E-state index in [1.807, 2.05) is 19.1 Å². The van der Waals surface area contributed by atoms with Gasteiger partial charge in [-0.1, -0.05) is 17.3 Å². The van der Waals surface area contributed by atoms with Gasteiger partial charge in [-0.05, 0) is 24.1 Å². The van der Waals surface area contributed by atoms with Crippen LogP contribution in [-0.2, 0) is 19.6 Å². The molecule has 2 aromatic rings. The zero-order valence-electron chi connectivity index (χ0n) is 9.68. The number of fused-ring (bicyclic) bond motifs is 1. The lowest BCUT2D eigenvalue weighted by Gasteiger charge is -2.10. The molecule has 5 nitrogen and oxygen atoms in total. The van der Waals surface area contributed by atoms with Crippen molar-refractivity contribution >= 4 is 5.69 Å². The Morgan fingerprint density at radius 2 is 2.29 bits per heavy atom. The lowest BCUT2D eigenvalue weighted by molar-refractivity contribution is 0.231. The number of nitrogens with two attached hydrogens (primary N) is 1. The Bertz CT molecular complexity index is 549. The van der Waals surface area contributed by atoms with Crippen molar-refractivity contribution in [1.82, 2.24) is 15.0 Å². The van der Waals surface area contributed by atoms with Gasteiger partial charge in [0.15, 0.2) is 5.82 Å². The summed E-state index contributed by atoms with van der Waals surface area (Å²) in [6, 6.07) is 6.05. The minimum atomic E-state index is 0.661. The monoisotopic (exact) mass is 230 g/mol. The highest BCUT2D eigenvalue weighted by Crippen LogP contribution is 2.28. The predicted octanol–water partition coefficient (Wildman–Crippen LogP) is 1.48. The standard InChI is InChI=1S/C12H14N4O/c1-8-14-12(17-15-8)7-16-5-9-3-2-4-11(13)10(9)6-16/h2-4H,5-7,13H2,1H3. The van der Waals surface area contributed by atoms with E-state index in [4.69, 9.17) is 10.3 Å². The fourth-order valence-electron chi connectivity index (χ4n) is 2.22. The van der Waals surface area contributed by atoms with Gasteiger partial charge < -0.3 is 10.3 Å². The van der Waals surface area contributed by atoms with E-state index in [-0.39, 0.29) is 0 Å². The van der Waals surface area contributed by atoms with Crippen LogP contribution >= 0.6 is 0 Å². The summed E-state index contributed by atoms with van der Waals surface area (Å²) in [6.45, 7) is 4.24. The molecule has 0 unspecified atom stereocenters. The molecule has 2 N–H and O–H groups in total. The van der Waals surface area contributed by atoms with Gasteiger partial charge in [-0.2, -0.15) is 4.98 Å². The molecule has 0 saturated carbocycles. The predicted molar refractivity (Wildman–Crippen MR) is 62.8 cm³/mol. The number of hydrogen-bond acceptors (Lipinski definition) is 5. The Morgan fingerprint density at radius 1 is 1.41 bits per heavy atom. The van der Waals surface area contributed by atoms with Crippen LogP contribution in [0.3, 0.4) is 0 Å². The second-order valence-corrected chi connectivity index (χ2v) is 4.37. The lowest BCUT2D eigenvalue weighted by atomic mass is 10.1. The van der Waals surface area contributed by atoms with Crippen molar-refractivity contribution in [3.63, 3.8) is 0 Å². The van der Waals surface area contributed by atoms with Crippen molar-refractivity contribution < 1.29 is 4.52 Å². The summed E-state index contributed by atoms with van der Waals surface area (Å²) in [5, 5.41) is 3.79. The normalized spacial score (nSPS) is 15.1. The van der Waals surface area contributed by atoms with Gasteiger partial charge in [-0.15, -0.1) is 0 Å². The van der Waals surface area contributed by atoms with E-state index in [0.717, 1.165) is 18.8 Å². The summed E-state index contributed by atoms with van der Waals surface area (Å²) in [5.41, 5.74) is 9.34. The Hall–Kier alpha value is -1.88. The van der Waals surface area contributed by atoms with Gasteiger partial charge in [0.05, 0.1) is 6.54 Å². The molecule has 88 valence electrons. The number of nitrogen functional groups attached to an aromatic ring is 1. The van der Waals surface area contributed by atoms with Gasteiger partial charge in [-0.3, -0.25) is 4.90 Å². The maximum atomic E-state index is 5.95. The molecule has 0 radical (unpaired) electrons. The van der Waals surface area contributed by atoms with E-state index < -0.39 is 0 Å². The Labute approximate surface area is 99.2 Å². The van der Waals surface area contributed by atoms with E-state index >= 15 is 0 Å². The zero-order chi connectivity index (χ0) is 11.8. The summed E-state index contributed by atoms with van der Waals surface area (Å²) >= 11 is 0. The summed E-state index contributed by atoms with van der Waals surface area (Å²) in [6.07, 6.45) is 0. The first-order valence-electron chi connectivity index (χ1n) is 5.60. The fourth-order valence-corrected chi connectivity index (χ4v) is 2.22. The molecule has 2 heterocycles. The third-order valence-corrected chi connectivity index (χ3v) is 3.01. The van der Waals surface area contributed by atoms with Crippen LogP contribution in [-0.4, -0.2) is 15.0 Å². The van der Waals surface area contributed by atoms with Crippen LogP contribution in [0.4, 0.5) is 5.69 Å². The largest absolute Gasteiger partial charge is 0.398 e. The van der Waals surface area contributed by atoms with Gasteiger partial charge >= 0.3 is 0 Å². The number of anilines is 1. The Morgan fingerprint density at radius 3 is 3.00 bits per heavy atom. The summed E-state index contributed by atoms with van der Waals surface area (Å²) in [7, 11) is 0. The summed E-state index contributed by atoms with van der Waals surface area (Å²) in [4.78, 5) is 6.45. The average molecular weight is 230 g/mol. The number of nitrogens with zero attached hydrogens (tertiary/aromatic N) is 3. The van der Waals surface area contributed by atoms with Crippen LogP contribution in [0.25, 0.3) is 0 Å². The first-order chi connectivity index (χ1) is 8.22. The van der Waals surface area contributed by atoms with E-state index in [2.05, 4.69) is 21.1 Å².